The number of carboxylic acids is 1. The van der Waals surface area contributed by atoms with E-state index >= 15 is 0 Å². The zero-order chi connectivity index (χ0) is 26.2. The van der Waals surface area contributed by atoms with Crippen molar-refractivity contribution in [1.29, 1.82) is 0 Å². The lowest BCUT2D eigenvalue weighted by atomic mass is 9.77. The molecule has 1 fully saturated rings. The maximum Gasteiger partial charge on any atom is 0.303 e. The topological polar surface area (TPSA) is 71.4 Å². The molecule has 0 amide bonds. The highest BCUT2D eigenvalue weighted by Crippen LogP contribution is 2.37. The van der Waals surface area contributed by atoms with Crippen molar-refractivity contribution in [2.75, 3.05) is 0 Å². The first kappa shape index (κ1) is 26.5. The van der Waals surface area contributed by atoms with E-state index in [0.29, 0.717) is 43.1 Å². The predicted octanol–water partition coefficient (Wildman–Crippen LogP) is 7.58. The van der Waals surface area contributed by atoms with Crippen LogP contribution in [0.2, 0.25) is 0 Å². The second kappa shape index (κ2) is 12.6. The summed E-state index contributed by atoms with van der Waals surface area (Å²) in [7, 11) is 0. The zero-order valence-corrected chi connectivity index (χ0v) is 21.6. The van der Waals surface area contributed by atoms with E-state index in [1.807, 2.05) is 48.5 Å². The zero-order valence-electron chi connectivity index (χ0n) is 21.6. The van der Waals surface area contributed by atoms with Crippen LogP contribution in [-0.4, -0.2) is 22.6 Å². The summed E-state index contributed by atoms with van der Waals surface area (Å²) in [5, 5.41) is 8.99. The summed E-state index contributed by atoms with van der Waals surface area (Å²) in [6, 6.07) is 24.3. The van der Waals surface area contributed by atoms with E-state index in [4.69, 9.17) is 5.11 Å². The Bertz CT molecular complexity index is 1220. The fourth-order valence-electron chi connectivity index (χ4n) is 5.49. The van der Waals surface area contributed by atoms with E-state index in [1.54, 1.807) is 0 Å². The number of carboxylic acid groups (broad SMARTS) is 1. The van der Waals surface area contributed by atoms with Crippen molar-refractivity contribution >= 4 is 17.5 Å². The Kier molecular flexibility index (Phi) is 9.05. The van der Waals surface area contributed by atoms with Gasteiger partial charge in [0.1, 0.15) is 5.78 Å². The molecule has 1 N–H and O–H groups in total. The molecule has 1 aliphatic rings. The van der Waals surface area contributed by atoms with Gasteiger partial charge in [-0.05, 0) is 78.7 Å². The van der Waals surface area contributed by atoms with Gasteiger partial charge in [0.15, 0.2) is 5.78 Å². The third kappa shape index (κ3) is 7.48. The average Bonchev–Trinajstić information content (AvgIpc) is 2.90. The van der Waals surface area contributed by atoms with Gasteiger partial charge in [-0.15, -0.1) is 0 Å². The molecule has 0 unspecified atom stereocenters. The van der Waals surface area contributed by atoms with E-state index < -0.39 is 5.97 Å². The molecule has 3 aromatic rings. The lowest BCUT2D eigenvalue weighted by Crippen LogP contribution is -2.16. The summed E-state index contributed by atoms with van der Waals surface area (Å²) in [6.07, 6.45) is 6.00. The summed E-state index contributed by atoms with van der Waals surface area (Å²) in [5.74, 6) is 0.313. The number of hydrogen-bond donors (Lipinski definition) is 1. The van der Waals surface area contributed by atoms with Crippen LogP contribution in [0, 0.1) is 12.8 Å². The quantitative estimate of drug-likeness (QED) is 0.278. The molecule has 0 radical (unpaired) electrons. The molecule has 0 atom stereocenters. The van der Waals surface area contributed by atoms with E-state index in [9.17, 15) is 14.4 Å². The van der Waals surface area contributed by atoms with Crippen LogP contribution < -0.4 is 0 Å². The van der Waals surface area contributed by atoms with Crippen molar-refractivity contribution in [3.8, 4) is 11.1 Å². The van der Waals surface area contributed by atoms with Crippen molar-refractivity contribution in [3.05, 3.63) is 95.1 Å². The van der Waals surface area contributed by atoms with Gasteiger partial charge in [-0.2, -0.15) is 0 Å². The second-order valence-electron chi connectivity index (χ2n) is 10.4. The largest absolute Gasteiger partial charge is 0.481 e. The molecule has 0 aromatic heterocycles. The van der Waals surface area contributed by atoms with Crippen LogP contribution in [0.4, 0.5) is 0 Å². The monoisotopic (exact) mass is 496 g/mol. The summed E-state index contributed by atoms with van der Waals surface area (Å²) >= 11 is 0. The highest BCUT2D eigenvalue weighted by atomic mass is 16.4. The van der Waals surface area contributed by atoms with Crippen LogP contribution in [0.3, 0.4) is 0 Å². The van der Waals surface area contributed by atoms with Crippen molar-refractivity contribution in [2.24, 2.45) is 5.92 Å². The number of ketones is 2. The Morgan fingerprint density at radius 3 is 2.14 bits per heavy atom. The second-order valence-corrected chi connectivity index (χ2v) is 10.4. The van der Waals surface area contributed by atoms with Gasteiger partial charge in [-0.25, -0.2) is 0 Å². The van der Waals surface area contributed by atoms with Crippen molar-refractivity contribution < 1.29 is 19.5 Å². The van der Waals surface area contributed by atoms with Gasteiger partial charge in [0.25, 0.3) is 0 Å². The molecule has 0 saturated heterocycles. The van der Waals surface area contributed by atoms with Crippen LogP contribution in [0.5, 0.6) is 0 Å². The number of hydrogen-bond acceptors (Lipinski definition) is 3. The molecule has 4 heteroatoms. The molecular formula is C33H36O4. The van der Waals surface area contributed by atoms with Crippen molar-refractivity contribution in [1.82, 2.24) is 0 Å². The number of aryl methyl sites for hydroxylation is 1. The van der Waals surface area contributed by atoms with Crippen LogP contribution in [0.15, 0.2) is 72.8 Å². The van der Waals surface area contributed by atoms with Crippen LogP contribution in [0.1, 0.15) is 84.3 Å². The minimum absolute atomic E-state index is 0.0755. The SMILES string of the molecule is Cc1ccccc1-c1ccc(C(=O)CCCC(=O)Cc2ccc(C3CCC(CC(=O)O)CC3)cc2)cc1. The Hall–Kier alpha value is -3.53. The molecule has 4 nitrogen and oxygen atoms in total. The first-order chi connectivity index (χ1) is 17.9. The summed E-state index contributed by atoms with van der Waals surface area (Å²) in [4.78, 5) is 36.1. The summed E-state index contributed by atoms with van der Waals surface area (Å²) in [5.41, 5.74) is 6.45. The van der Waals surface area contributed by atoms with E-state index in [-0.39, 0.29) is 18.0 Å². The van der Waals surface area contributed by atoms with Crippen LogP contribution >= 0.6 is 0 Å². The molecule has 192 valence electrons. The molecule has 37 heavy (non-hydrogen) atoms. The lowest BCUT2D eigenvalue weighted by molar-refractivity contribution is -0.138. The van der Waals surface area contributed by atoms with Gasteiger partial charge >= 0.3 is 5.97 Å². The van der Waals surface area contributed by atoms with Crippen molar-refractivity contribution in [2.45, 2.75) is 70.6 Å². The third-order valence-electron chi connectivity index (χ3n) is 7.68. The Labute approximate surface area is 219 Å². The normalized spacial score (nSPS) is 17.3. The maximum atomic E-state index is 12.6. The molecule has 1 aliphatic carbocycles. The smallest absolute Gasteiger partial charge is 0.303 e. The molecule has 0 spiro atoms. The first-order valence-corrected chi connectivity index (χ1v) is 13.4. The molecular weight excluding hydrogens is 460 g/mol. The molecule has 3 aromatic carbocycles. The van der Waals surface area contributed by atoms with Gasteiger partial charge in [-0.3, -0.25) is 14.4 Å². The third-order valence-corrected chi connectivity index (χ3v) is 7.68. The number of Topliss-reactive ketones (excluding diaryl/α,β-unsaturated/α-hetero) is 2. The summed E-state index contributed by atoms with van der Waals surface area (Å²) in [6.45, 7) is 2.08. The Morgan fingerprint density at radius 1 is 0.811 bits per heavy atom. The maximum absolute atomic E-state index is 12.6. The number of aliphatic carboxylic acids is 1. The number of benzene rings is 3. The number of rotatable bonds is 11. The van der Waals surface area contributed by atoms with Gasteiger partial charge < -0.3 is 5.11 Å². The summed E-state index contributed by atoms with van der Waals surface area (Å²) < 4.78 is 0. The fraction of sp³-hybridized carbons (Fsp3) is 0.364. The molecule has 0 bridgehead atoms. The lowest BCUT2D eigenvalue weighted by Gasteiger charge is -2.28. The Morgan fingerprint density at radius 2 is 1.49 bits per heavy atom. The number of carbonyl (C=O) groups excluding carboxylic acids is 2. The standard InChI is InChI=1S/C33H36O4/c1-23-5-2-3-7-31(23)28-17-19-29(20-18-28)32(35)8-4-6-30(34)21-24-9-13-26(14-10-24)27-15-11-25(12-16-27)22-33(36)37/h2-3,5,7,9-10,13-14,17-20,25,27H,4,6,8,11-12,15-16,21-22H2,1H3,(H,36,37). The van der Waals surface area contributed by atoms with Gasteiger partial charge in [0.2, 0.25) is 0 Å². The van der Waals surface area contributed by atoms with Gasteiger partial charge in [0, 0.05) is 31.2 Å². The number of carbonyl (C=O) groups is 3. The van der Waals surface area contributed by atoms with Crippen LogP contribution in [0.25, 0.3) is 11.1 Å². The highest BCUT2D eigenvalue weighted by molar-refractivity contribution is 5.96. The van der Waals surface area contributed by atoms with Gasteiger partial charge in [-0.1, -0.05) is 72.8 Å². The predicted molar refractivity (Wildman–Crippen MR) is 147 cm³/mol. The molecule has 4 rings (SSSR count). The van der Waals surface area contributed by atoms with Gasteiger partial charge in [0.05, 0.1) is 0 Å². The molecule has 0 aliphatic heterocycles. The van der Waals surface area contributed by atoms with E-state index in [1.165, 1.54) is 16.7 Å². The highest BCUT2D eigenvalue weighted by Gasteiger charge is 2.24. The minimum atomic E-state index is -0.700. The van der Waals surface area contributed by atoms with E-state index in [2.05, 4.69) is 31.2 Å². The Balaban J connectivity index is 1.20. The van der Waals surface area contributed by atoms with Crippen LogP contribution in [-0.2, 0) is 16.0 Å². The molecule has 1 saturated carbocycles. The minimum Gasteiger partial charge on any atom is -0.481 e. The fourth-order valence-corrected chi connectivity index (χ4v) is 5.49. The average molecular weight is 497 g/mol. The van der Waals surface area contributed by atoms with Crippen molar-refractivity contribution in [3.63, 3.8) is 0 Å². The van der Waals surface area contributed by atoms with E-state index in [0.717, 1.165) is 36.8 Å². The first-order valence-electron chi connectivity index (χ1n) is 13.4. The molecule has 0 heterocycles.